The van der Waals surface area contributed by atoms with Crippen molar-refractivity contribution >= 4 is 57.9 Å². The molecule has 0 fully saturated rings. The van der Waals surface area contributed by atoms with Crippen LogP contribution in [-0.4, -0.2) is 31.8 Å². The Balaban J connectivity index is 0. The molecule has 2 aromatic rings. The van der Waals surface area contributed by atoms with E-state index in [4.69, 9.17) is 25.8 Å². The van der Waals surface area contributed by atoms with Crippen molar-refractivity contribution < 1.29 is 91.9 Å². The molecule has 0 aliphatic heterocycles. The first-order chi connectivity index (χ1) is 15.0. The van der Waals surface area contributed by atoms with Crippen LogP contribution in [0.25, 0.3) is 0 Å². The van der Waals surface area contributed by atoms with Gasteiger partial charge in [-0.25, -0.2) is 9.59 Å². The zero-order chi connectivity index (χ0) is 24.3. The van der Waals surface area contributed by atoms with Gasteiger partial charge in [0.2, 0.25) is 0 Å². The Morgan fingerprint density at radius 2 is 1.15 bits per heavy atom. The van der Waals surface area contributed by atoms with Crippen molar-refractivity contribution in [1.29, 1.82) is 0 Å². The number of nitro benzene ring substituents is 2. The van der Waals surface area contributed by atoms with Gasteiger partial charge in [-0.05, 0) is 60.7 Å². The first-order valence-electron chi connectivity index (χ1n) is 8.52. The van der Waals surface area contributed by atoms with Gasteiger partial charge in [-0.2, -0.15) is 0 Å². The predicted octanol–water partition coefficient (Wildman–Crippen LogP) is -0.406. The minimum atomic E-state index is -0.962. The average Bonchev–Trinajstić information content (AvgIpc) is 2.68. The van der Waals surface area contributed by atoms with Crippen molar-refractivity contribution in [3.8, 4) is 11.5 Å². The van der Waals surface area contributed by atoms with E-state index in [0.29, 0.717) is 0 Å². The fraction of sp³-hybridized carbons (Fsp3) is 0.222. The van der Waals surface area contributed by atoms with Crippen LogP contribution in [0.5, 0.6) is 11.5 Å². The van der Waals surface area contributed by atoms with Crippen LogP contribution in [0.1, 0.15) is 13.8 Å². The third-order valence-corrected chi connectivity index (χ3v) is 3.36. The molecule has 34 heavy (non-hydrogen) atoms. The van der Waals surface area contributed by atoms with Gasteiger partial charge in [-0.3, -0.25) is 20.2 Å². The molecule has 180 valence electrons. The number of hydrogen-bond acceptors (Lipinski definition) is 10. The van der Waals surface area contributed by atoms with Gasteiger partial charge in [-0.15, -0.1) is 0 Å². The molecule has 0 saturated carbocycles. The summed E-state index contributed by atoms with van der Waals surface area (Å²) in [6, 6.07) is 10.2. The van der Waals surface area contributed by atoms with E-state index in [1.54, 1.807) is 6.92 Å². The first kappa shape index (κ1) is 34.7. The third-order valence-electron chi connectivity index (χ3n) is 3.01. The van der Waals surface area contributed by atoms with Crippen molar-refractivity contribution in [2.75, 3.05) is 0 Å². The molecule has 2 atom stereocenters. The molecule has 0 amide bonds. The molecule has 0 aromatic heterocycles. The number of carbonyl (C=O) groups excluding carboxylic acids is 2. The Hall–Kier alpha value is -1.47. The van der Waals surface area contributed by atoms with Gasteiger partial charge in [0, 0.05) is 24.3 Å². The molecular weight excluding hydrogens is 716 g/mol. The van der Waals surface area contributed by atoms with Gasteiger partial charge >= 0.3 is 41.9 Å². The number of carbonyl (C=O) groups is 2. The number of nitro groups is 2. The molecule has 16 heteroatoms. The zero-order valence-corrected chi connectivity index (χ0v) is 25.0. The van der Waals surface area contributed by atoms with Crippen LogP contribution in [0.4, 0.5) is 21.0 Å². The van der Waals surface area contributed by atoms with Crippen LogP contribution >= 0.6 is 34.2 Å². The second kappa shape index (κ2) is 17.9. The standard InChI is InChI=1S/C9H8ClNO5.C9H8INO5.HI.Na/c2*1-6(10)15-9(12)16-8-4-2-7(3-5-8)11(13)14;;/h2*2-6H,1H3;1H;/q;;;+1/p-1. The summed E-state index contributed by atoms with van der Waals surface area (Å²) >= 11 is 7.30. The average molecular weight is 733 g/mol. The molecule has 0 spiro atoms. The summed E-state index contributed by atoms with van der Waals surface area (Å²) in [6.07, 6.45) is -1.80. The Labute approximate surface area is 251 Å². The SMILES string of the molecule is CC(Cl)OC(=O)Oc1ccc([N+](=O)[O-])cc1.CC(I)OC(=O)Oc1ccc([N+](=O)[O-])cc1.[I-].[Na+]. The minimum Gasteiger partial charge on any atom is -1.00 e. The fourth-order valence-corrected chi connectivity index (χ4v) is 2.06. The summed E-state index contributed by atoms with van der Waals surface area (Å²) < 4.78 is 18.4. The number of rotatable bonds is 6. The largest absolute Gasteiger partial charge is 1.00 e. The van der Waals surface area contributed by atoms with E-state index in [9.17, 15) is 29.8 Å². The molecule has 0 radical (unpaired) electrons. The monoisotopic (exact) mass is 732 g/mol. The van der Waals surface area contributed by atoms with Gasteiger partial charge in [-0.1, -0.05) is 11.6 Å². The molecule has 2 unspecified atom stereocenters. The molecule has 0 aliphatic carbocycles. The maximum atomic E-state index is 11.1. The number of benzene rings is 2. The summed E-state index contributed by atoms with van der Waals surface area (Å²) in [7, 11) is 0. The van der Waals surface area contributed by atoms with E-state index < -0.39 is 27.7 Å². The first-order valence-corrected chi connectivity index (χ1v) is 10.2. The van der Waals surface area contributed by atoms with Gasteiger partial charge in [0.25, 0.3) is 11.4 Å². The molecule has 0 aliphatic rings. The molecule has 12 nitrogen and oxygen atoms in total. The van der Waals surface area contributed by atoms with Crippen molar-refractivity contribution in [2.45, 2.75) is 23.5 Å². The van der Waals surface area contributed by atoms with E-state index in [1.807, 2.05) is 22.6 Å². The van der Waals surface area contributed by atoms with Crippen LogP contribution < -0.4 is 63.0 Å². The van der Waals surface area contributed by atoms with Crippen molar-refractivity contribution in [1.82, 2.24) is 0 Å². The van der Waals surface area contributed by atoms with Gasteiger partial charge in [0.05, 0.1) is 9.85 Å². The number of nitrogens with zero attached hydrogens (tertiary/aromatic N) is 2. The van der Waals surface area contributed by atoms with E-state index in [1.165, 1.54) is 55.5 Å². The quantitative estimate of drug-likeness (QED) is 0.0728. The second-order valence-corrected chi connectivity index (χ2v) is 7.90. The van der Waals surface area contributed by atoms with E-state index in [-0.39, 0.29) is 80.5 Å². The maximum absolute atomic E-state index is 11.1. The molecule has 0 heterocycles. The molecule has 0 bridgehead atoms. The summed E-state index contributed by atoms with van der Waals surface area (Å²) in [5.41, 5.74) is -0.958. The summed E-state index contributed by atoms with van der Waals surface area (Å²) in [5.74, 6) is 0.348. The van der Waals surface area contributed by atoms with Gasteiger partial charge in [0.1, 0.15) is 11.5 Å². The normalized spacial score (nSPS) is 10.9. The Morgan fingerprint density at radius 3 is 1.41 bits per heavy atom. The summed E-state index contributed by atoms with van der Waals surface area (Å²) in [6.45, 7) is 3.14. The Kier molecular flexibility index (Phi) is 18.3. The maximum Gasteiger partial charge on any atom is 1.00 e. The number of ether oxygens (including phenoxy) is 4. The molecular formula is C18H16ClI2N2NaO10. The topological polar surface area (TPSA) is 157 Å². The molecule has 0 N–H and O–H groups in total. The Morgan fingerprint density at radius 1 is 0.824 bits per heavy atom. The molecule has 2 aromatic carbocycles. The summed E-state index contributed by atoms with van der Waals surface area (Å²) in [4.78, 5) is 41.6. The fourth-order valence-electron chi connectivity index (χ4n) is 1.78. The zero-order valence-electron chi connectivity index (χ0n) is 17.9. The smallest absolute Gasteiger partial charge is 1.00 e. The third kappa shape index (κ3) is 14.7. The number of halogens is 3. The van der Waals surface area contributed by atoms with Crippen LogP contribution in [0.2, 0.25) is 0 Å². The van der Waals surface area contributed by atoms with E-state index in [0.717, 1.165) is 0 Å². The molecule has 2 rings (SSSR count). The van der Waals surface area contributed by atoms with Crippen molar-refractivity contribution in [2.24, 2.45) is 0 Å². The van der Waals surface area contributed by atoms with E-state index >= 15 is 0 Å². The van der Waals surface area contributed by atoms with Crippen LogP contribution in [0.3, 0.4) is 0 Å². The van der Waals surface area contributed by atoms with Crippen molar-refractivity contribution in [3.05, 3.63) is 68.8 Å². The molecule has 0 saturated heterocycles. The van der Waals surface area contributed by atoms with Gasteiger partial charge in [0.15, 0.2) is 9.67 Å². The second-order valence-electron chi connectivity index (χ2n) is 5.53. The predicted molar refractivity (Wildman–Crippen MR) is 119 cm³/mol. The van der Waals surface area contributed by atoms with Crippen LogP contribution in [0, 0.1) is 20.2 Å². The number of alkyl halides is 2. The summed E-state index contributed by atoms with van der Waals surface area (Å²) in [5, 5.41) is 20.7. The van der Waals surface area contributed by atoms with Gasteiger partial charge < -0.3 is 42.9 Å². The van der Waals surface area contributed by atoms with Crippen LogP contribution in [-0.2, 0) is 9.47 Å². The number of hydrogen-bond donors (Lipinski definition) is 0. The van der Waals surface area contributed by atoms with Crippen LogP contribution in [0.15, 0.2) is 48.5 Å². The van der Waals surface area contributed by atoms with Crippen molar-refractivity contribution in [3.63, 3.8) is 0 Å². The number of non-ortho nitro benzene ring substituents is 2. The van der Waals surface area contributed by atoms with E-state index in [2.05, 4.69) is 4.74 Å². The minimum absolute atomic E-state index is 0. The Bertz CT molecular complexity index is 869.